The van der Waals surface area contributed by atoms with Crippen molar-refractivity contribution in [3.05, 3.63) is 65.7 Å². The molecule has 24 heavy (non-hydrogen) atoms. The summed E-state index contributed by atoms with van der Waals surface area (Å²) in [6.07, 6.45) is 1.11. The lowest BCUT2D eigenvalue weighted by Gasteiger charge is -2.19. The van der Waals surface area contributed by atoms with Crippen molar-refractivity contribution in [3.8, 4) is 0 Å². The van der Waals surface area contributed by atoms with Gasteiger partial charge in [-0.3, -0.25) is 4.79 Å². The molecule has 0 fully saturated rings. The van der Waals surface area contributed by atoms with E-state index in [-0.39, 0.29) is 11.9 Å². The third-order valence-corrected chi connectivity index (χ3v) is 3.29. The molecule has 0 unspecified atom stereocenters. The van der Waals surface area contributed by atoms with Gasteiger partial charge in [0.1, 0.15) is 5.60 Å². The van der Waals surface area contributed by atoms with E-state index in [1.165, 1.54) is 0 Å². The molecule has 0 saturated heterocycles. The van der Waals surface area contributed by atoms with Crippen molar-refractivity contribution in [1.82, 2.24) is 0 Å². The average Bonchev–Trinajstić information content (AvgIpc) is 2.53. The van der Waals surface area contributed by atoms with Crippen molar-refractivity contribution in [2.75, 3.05) is 5.32 Å². The zero-order valence-corrected chi connectivity index (χ0v) is 14.3. The SMILES string of the molecule is CC(C)(C)OC(=O)c1ccc(NC(=O)CCc2ccccc2)cc1. The maximum atomic E-state index is 12.0. The Kier molecular flexibility index (Phi) is 5.74. The molecule has 0 atom stereocenters. The van der Waals surface area contributed by atoms with Crippen molar-refractivity contribution in [2.24, 2.45) is 0 Å². The van der Waals surface area contributed by atoms with E-state index >= 15 is 0 Å². The van der Waals surface area contributed by atoms with Crippen LogP contribution in [0, 0.1) is 0 Å². The predicted octanol–water partition coefficient (Wildman–Crippen LogP) is 4.21. The van der Waals surface area contributed by atoms with Gasteiger partial charge in [-0.2, -0.15) is 0 Å². The van der Waals surface area contributed by atoms with Crippen LogP contribution >= 0.6 is 0 Å². The van der Waals surface area contributed by atoms with E-state index in [1.807, 2.05) is 51.1 Å². The summed E-state index contributed by atoms with van der Waals surface area (Å²) in [5, 5.41) is 2.84. The minimum absolute atomic E-state index is 0.0520. The fourth-order valence-electron chi connectivity index (χ4n) is 2.15. The number of rotatable bonds is 5. The lowest BCUT2D eigenvalue weighted by atomic mass is 10.1. The lowest BCUT2D eigenvalue weighted by Crippen LogP contribution is -2.23. The zero-order chi connectivity index (χ0) is 17.6. The number of hydrogen-bond donors (Lipinski definition) is 1. The van der Waals surface area contributed by atoms with Gasteiger partial charge in [-0.25, -0.2) is 4.79 Å². The maximum Gasteiger partial charge on any atom is 0.338 e. The smallest absolute Gasteiger partial charge is 0.338 e. The minimum Gasteiger partial charge on any atom is -0.456 e. The van der Waals surface area contributed by atoms with Crippen molar-refractivity contribution in [1.29, 1.82) is 0 Å². The minimum atomic E-state index is -0.526. The molecule has 0 saturated carbocycles. The lowest BCUT2D eigenvalue weighted by molar-refractivity contribution is -0.116. The highest BCUT2D eigenvalue weighted by molar-refractivity contribution is 5.93. The Morgan fingerprint density at radius 2 is 1.58 bits per heavy atom. The summed E-state index contributed by atoms with van der Waals surface area (Å²) in [4.78, 5) is 23.9. The number of carbonyl (C=O) groups excluding carboxylic acids is 2. The summed E-state index contributed by atoms with van der Waals surface area (Å²) in [7, 11) is 0. The second-order valence-corrected chi connectivity index (χ2v) is 6.61. The first-order chi connectivity index (χ1) is 11.3. The molecule has 126 valence electrons. The number of anilines is 1. The molecule has 2 aromatic rings. The number of nitrogens with one attached hydrogen (secondary N) is 1. The van der Waals surface area contributed by atoms with Crippen LogP contribution in [-0.4, -0.2) is 17.5 Å². The van der Waals surface area contributed by atoms with Crippen molar-refractivity contribution < 1.29 is 14.3 Å². The van der Waals surface area contributed by atoms with E-state index < -0.39 is 5.60 Å². The maximum absolute atomic E-state index is 12.0. The number of aryl methyl sites for hydroxylation is 1. The highest BCUT2D eigenvalue weighted by Gasteiger charge is 2.17. The summed E-state index contributed by atoms with van der Waals surface area (Å²) in [5.41, 5.74) is 1.74. The Balaban J connectivity index is 1.87. The van der Waals surface area contributed by atoms with E-state index in [9.17, 15) is 9.59 Å². The molecule has 0 aromatic heterocycles. The van der Waals surface area contributed by atoms with Crippen LogP contribution in [0.2, 0.25) is 0 Å². The van der Waals surface area contributed by atoms with Crippen LogP contribution in [-0.2, 0) is 16.0 Å². The largest absolute Gasteiger partial charge is 0.456 e. The fourth-order valence-corrected chi connectivity index (χ4v) is 2.15. The standard InChI is InChI=1S/C20H23NO3/c1-20(2,3)24-19(23)16-10-12-17(13-11-16)21-18(22)14-9-15-7-5-4-6-8-15/h4-8,10-13H,9,14H2,1-3H3,(H,21,22). The second kappa shape index (κ2) is 7.77. The third-order valence-electron chi connectivity index (χ3n) is 3.29. The van der Waals surface area contributed by atoms with Gasteiger partial charge in [0.25, 0.3) is 0 Å². The van der Waals surface area contributed by atoms with Gasteiger partial charge in [0.05, 0.1) is 5.56 Å². The van der Waals surface area contributed by atoms with Crippen molar-refractivity contribution in [3.63, 3.8) is 0 Å². The van der Waals surface area contributed by atoms with Gasteiger partial charge < -0.3 is 10.1 Å². The summed E-state index contributed by atoms with van der Waals surface area (Å²) in [6.45, 7) is 5.48. The molecule has 0 spiro atoms. The molecule has 1 N–H and O–H groups in total. The molecule has 4 heteroatoms. The monoisotopic (exact) mass is 325 g/mol. The van der Waals surface area contributed by atoms with Gasteiger partial charge in [0.15, 0.2) is 0 Å². The van der Waals surface area contributed by atoms with E-state index in [2.05, 4.69) is 5.32 Å². The third kappa shape index (κ3) is 5.88. The van der Waals surface area contributed by atoms with Crippen molar-refractivity contribution >= 4 is 17.6 Å². The quantitative estimate of drug-likeness (QED) is 0.838. The second-order valence-electron chi connectivity index (χ2n) is 6.61. The topological polar surface area (TPSA) is 55.4 Å². The van der Waals surface area contributed by atoms with Gasteiger partial charge in [0, 0.05) is 12.1 Å². The van der Waals surface area contributed by atoms with Gasteiger partial charge in [-0.15, -0.1) is 0 Å². The van der Waals surface area contributed by atoms with E-state index in [1.54, 1.807) is 24.3 Å². The molecule has 2 rings (SSSR count). The average molecular weight is 325 g/mol. The van der Waals surface area contributed by atoms with Crippen LogP contribution in [0.1, 0.15) is 43.1 Å². The normalized spacial score (nSPS) is 11.0. The zero-order valence-electron chi connectivity index (χ0n) is 14.3. The van der Waals surface area contributed by atoms with Gasteiger partial charge >= 0.3 is 5.97 Å². The van der Waals surface area contributed by atoms with E-state index in [0.29, 0.717) is 24.1 Å². The first-order valence-electron chi connectivity index (χ1n) is 8.01. The van der Waals surface area contributed by atoms with Crippen LogP contribution < -0.4 is 5.32 Å². The van der Waals surface area contributed by atoms with Gasteiger partial charge in [-0.05, 0) is 57.0 Å². The van der Waals surface area contributed by atoms with Gasteiger partial charge in [0.2, 0.25) is 5.91 Å². The molecular formula is C20H23NO3. The van der Waals surface area contributed by atoms with Crippen LogP contribution in [0.4, 0.5) is 5.69 Å². The van der Waals surface area contributed by atoms with Crippen LogP contribution in [0.15, 0.2) is 54.6 Å². The first kappa shape index (κ1) is 17.7. The van der Waals surface area contributed by atoms with E-state index in [0.717, 1.165) is 5.56 Å². The molecule has 0 bridgehead atoms. The summed E-state index contributed by atoms with van der Waals surface area (Å²) in [6, 6.07) is 16.6. The fraction of sp³-hybridized carbons (Fsp3) is 0.300. The molecule has 0 radical (unpaired) electrons. The summed E-state index contributed by atoms with van der Waals surface area (Å²) >= 11 is 0. The first-order valence-corrected chi connectivity index (χ1v) is 8.01. The highest BCUT2D eigenvalue weighted by Crippen LogP contribution is 2.15. The highest BCUT2D eigenvalue weighted by atomic mass is 16.6. The molecule has 1 amide bonds. The molecule has 0 aliphatic carbocycles. The molecule has 0 aliphatic heterocycles. The van der Waals surface area contributed by atoms with Crippen LogP contribution in [0.5, 0.6) is 0 Å². The Labute approximate surface area is 142 Å². The summed E-state index contributed by atoms with van der Waals surface area (Å²) < 4.78 is 5.31. The Morgan fingerprint density at radius 3 is 2.17 bits per heavy atom. The van der Waals surface area contributed by atoms with Crippen molar-refractivity contribution in [2.45, 2.75) is 39.2 Å². The number of esters is 1. The molecular weight excluding hydrogens is 302 g/mol. The predicted molar refractivity (Wildman–Crippen MR) is 95.0 cm³/mol. The molecule has 2 aromatic carbocycles. The Morgan fingerprint density at radius 1 is 0.958 bits per heavy atom. The number of benzene rings is 2. The number of carbonyl (C=O) groups is 2. The van der Waals surface area contributed by atoms with E-state index in [4.69, 9.17) is 4.74 Å². The number of ether oxygens (including phenoxy) is 1. The molecule has 4 nitrogen and oxygen atoms in total. The number of amides is 1. The van der Waals surface area contributed by atoms with Crippen LogP contribution in [0.3, 0.4) is 0 Å². The van der Waals surface area contributed by atoms with Gasteiger partial charge in [-0.1, -0.05) is 30.3 Å². The molecule has 0 heterocycles. The van der Waals surface area contributed by atoms with Crippen LogP contribution in [0.25, 0.3) is 0 Å². The summed E-state index contributed by atoms with van der Waals surface area (Å²) in [5.74, 6) is -0.423. The molecule has 0 aliphatic rings. The number of hydrogen-bond acceptors (Lipinski definition) is 3. The Hall–Kier alpha value is -2.62. The Bertz CT molecular complexity index is 685.